The van der Waals surface area contributed by atoms with Gasteiger partial charge in [0.15, 0.2) is 0 Å². The van der Waals surface area contributed by atoms with E-state index in [1.165, 1.54) is 43.7 Å². The lowest BCUT2D eigenvalue weighted by molar-refractivity contribution is 0.0950. The maximum atomic E-state index is 14.0. The molecular weight excluding hydrogens is 417 g/mol. The highest BCUT2D eigenvalue weighted by molar-refractivity contribution is 7.89. The third kappa shape index (κ3) is 4.79. The highest BCUT2D eigenvalue weighted by Gasteiger charge is 2.14. The van der Waals surface area contributed by atoms with Gasteiger partial charge in [0.25, 0.3) is 5.91 Å². The maximum Gasteiger partial charge on any atom is 0.253 e. The van der Waals surface area contributed by atoms with E-state index in [0.717, 1.165) is 0 Å². The normalized spacial score (nSPS) is 11.3. The number of carbonyl (C=O) groups excluding carboxylic acids is 1. The first kappa shape index (κ1) is 20.9. The first-order chi connectivity index (χ1) is 13.8. The van der Waals surface area contributed by atoms with Gasteiger partial charge in [-0.1, -0.05) is 35.9 Å². The van der Waals surface area contributed by atoms with Crippen molar-refractivity contribution in [1.82, 2.24) is 15.0 Å². The molecule has 0 spiro atoms. The van der Waals surface area contributed by atoms with Crippen molar-refractivity contribution in [2.24, 2.45) is 0 Å². The number of rotatable bonds is 6. The lowest BCUT2D eigenvalue weighted by Crippen LogP contribution is -2.23. The molecule has 1 heterocycles. The van der Waals surface area contributed by atoms with Gasteiger partial charge in [-0.15, -0.1) is 0 Å². The number of hydrogen-bond acceptors (Lipinski definition) is 4. The van der Waals surface area contributed by atoms with Crippen molar-refractivity contribution < 1.29 is 17.6 Å². The van der Waals surface area contributed by atoms with Crippen LogP contribution in [0.4, 0.5) is 4.39 Å². The van der Waals surface area contributed by atoms with Crippen molar-refractivity contribution in [1.29, 1.82) is 0 Å². The summed E-state index contributed by atoms with van der Waals surface area (Å²) in [7, 11) is -2.30. The van der Waals surface area contributed by atoms with E-state index in [2.05, 4.69) is 15.0 Å². The minimum absolute atomic E-state index is 0.0295. The number of amides is 1. The van der Waals surface area contributed by atoms with E-state index in [1.54, 1.807) is 24.3 Å². The molecule has 3 aromatic rings. The van der Waals surface area contributed by atoms with E-state index in [9.17, 15) is 17.6 Å². The van der Waals surface area contributed by atoms with Crippen molar-refractivity contribution in [3.05, 3.63) is 82.9 Å². The number of carbonyl (C=O) groups is 1. The summed E-state index contributed by atoms with van der Waals surface area (Å²) in [5.74, 6) is -0.825. The van der Waals surface area contributed by atoms with E-state index in [-0.39, 0.29) is 22.0 Å². The number of halogens is 2. The molecule has 3 rings (SSSR count). The minimum atomic E-state index is -3.61. The first-order valence-corrected chi connectivity index (χ1v) is 10.4. The molecule has 1 amide bonds. The zero-order chi connectivity index (χ0) is 21.0. The Labute approximate surface area is 172 Å². The van der Waals surface area contributed by atoms with Crippen LogP contribution in [-0.4, -0.2) is 26.4 Å². The van der Waals surface area contributed by atoms with Crippen molar-refractivity contribution in [2.75, 3.05) is 7.05 Å². The Hall–Kier alpha value is -2.81. The van der Waals surface area contributed by atoms with Gasteiger partial charge in [0.05, 0.1) is 10.5 Å². The molecule has 0 fully saturated rings. The predicted octanol–water partition coefficient (Wildman–Crippen LogP) is 3.38. The smallest absolute Gasteiger partial charge is 0.253 e. The van der Waals surface area contributed by atoms with Gasteiger partial charge < -0.3 is 5.32 Å². The quantitative estimate of drug-likeness (QED) is 0.623. The average Bonchev–Trinajstić information content (AvgIpc) is 2.73. The lowest BCUT2D eigenvalue weighted by Gasteiger charge is -2.10. The number of benzene rings is 2. The summed E-state index contributed by atoms with van der Waals surface area (Å²) in [5, 5.41) is 2.91. The molecule has 6 nitrogen and oxygen atoms in total. The SMILES string of the molecule is CNS(=O)(=O)c1ccc(CNC(=O)c2cncc(-c3ccccc3F)c2)c(Cl)c1. The Morgan fingerprint density at radius 1 is 1.14 bits per heavy atom. The van der Waals surface area contributed by atoms with Gasteiger partial charge in [0.2, 0.25) is 10.0 Å². The highest BCUT2D eigenvalue weighted by atomic mass is 35.5. The van der Waals surface area contributed by atoms with E-state index >= 15 is 0 Å². The van der Waals surface area contributed by atoms with E-state index in [4.69, 9.17) is 11.6 Å². The molecule has 1 aromatic heterocycles. The monoisotopic (exact) mass is 433 g/mol. The molecule has 0 saturated carbocycles. The zero-order valence-corrected chi connectivity index (χ0v) is 16.9. The van der Waals surface area contributed by atoms with Crippen molar-refractivity contribution in [2.45, 2.75) is 11.4 Å². The van der Waals surface area contributed by atoms with Gasteiger partial charge in [-0.2, -0.15) is 0 Å². The van der Waals surface area contributed by atoms with Crippen LogP contribution < -0.4 is 10.0 Å². The van der Waals surface area contributed by atoms with Crippen molar-refractivity contribution in [3.63, 3.8) is 0 Å². The summed E-state index contributed by atoms with van der Waals surface area (Å²) in [5.41, 5.74) is 1.64. The van der Waals surface area contributed by atoms with Gasteiger partial charge in [-0.3, -0.25) is 9.78 Å². The molecule has 0 atom stereocenters. The van der Waals surface area contributed by atoms with Crippen LogP contribution in [0.3, 0.4) is 0 Å². The molecule has 0 aliphatic rings. The molecule has 0 saturated heterocycles. The predicted molar refractivity (Wildman–Crippen MR) is 108 cm³/mol. The number of aromatic nitrogens is 1. The van der Waals surface area contributed by atoms with Crippen molar-refractivity contribution in [3.8, 4) is 11.1 Å². The topological polar surface area (TPSA) is 88.2 Å². The van der Waals surface area contributed by atoms with Crippen LogP contribution in [0, 0.1) is 5.82 Å². The molecule has 0 radical (unpaired) electrons. The van der Waals surface area contributed by atoms with E-state index < -0.39 is 21.7 Å². The van der Waals surface area contributed by atoms with Gasteiger partial charge in [-0.05, 0) is 36.9 Å². The third-order valence-electron chi connectivity index (χ3n) is 4.23. The molecule has 0 aliphatic heterocycles. The van der Waals surface area contributed by atoms with Crippen LogP contribution in [0.25, 0.3) is 11.1 Å². The summed E-state index contributed by atoms with van der Waals surface area (Å²) in [6.07, 6.45) is 2.86. The van der Waals surface area contributed by atoms with Crippen LogP contribution in [0.2, 0.25) is 5.02 Å². The molecule has 150 valence electrons. The number of hydrogen-bond donors (Lipinski definition) is 2. The van der Waals surface area contributed by atoms with Gasteiger partial charge in [0.1, 0.15) is 5.82 Å². The minimum Gasteiger partial charge on any atom is -0.348 e. The van der Waals surface area contributed by atoms with Crippen LogP contribution in [0.15, 0.2) is 65.8 Å². The zero-order valence-electron chi connectivity index (χ0n) is 15.3. The molecule has 2 aromatic carbocycles. The fourth-order valence-electron chi connectivity index (χ4n) is 2.64. The summed E-state index contributed by atoms with van der Waals surface area (Å²) in [4.78, 5) is 16.5. The first-order valence-electron chi connectivity index (χ1n) is 8.52. The Morgan fingerprint density at radius 2 is 1.90 bits per heavy atom. The van der Waals surface area contributed by atoms with Crippen LogP contribution in [0.1, 0.15) is 15.9 Å². The largest absolute Gasteiger partial charge is 0.348 e. The maximum absolute atomic E-state index is 14.0. The number of nitrogens with zero attached hydrogens (tertiary/aromatic N) is 1. The molecule has 0 unspecified atom stereocenters. The summed E-state index contributed by atoms with van der Waals surface area (Å²) >= 11 is 6.15. The Balaban J connectivity index is 1.75. The second-order valence-electron chi connectivity index (χ2n) is 6.09. The van der Waals surface area contributed by atoms with Crippen LogP contribution in [0.5, 0.6) is 0 Å². The van der Waals surface area contributed by atoms with E-state index in [0.29, 0.717) is 16.7 Å². The molecular formula is C20H17ClFN3O3S. The molecule has 0 bridgehead atoms. The Bertz CT molecular complexity index is 1170. The van der Waals surface area contributed by atoms with Crippen LogP contribution >= 0.6 is 11.6 Å². The molecule has 9 heteroatoms. The van der Waals surface area contributed by atoms with E-state index in [1.807, 2.05) is 0 Å². The summed E-state index contributed by atoms with van der Waals surface area (Å²) < 4.78 is 39.8. The summed E-state index contributed by atoms with van der Waals surface area (Å²) in [6.45, 7) is 0.0848. The van der Waals surface area contributed by atoms with Gasteiger partial charge in [-0.25, -0.2) is 17.5 Å². The van der Waals surface area contributed by atoms with Gasteiger partial charge in [0, 0.05) is 35.1 Å². The van der Waals surface area contributed by atoms with Gasteiger partial charge >= 0.3 is 0 Å². The third-order valence-corrected chi connectivity index (χ3v) is 5.99. The fraction of sp³-hybridized carbons (Fsp3) is 0.100. The number of sulfonamides is 1. The fourth-order valence-corrected chi connectivity index (χ4v) is 3.71. The van der Waals surface area contributed by atoms with Crippen LogP contribution in [-0.2, 0) is 16.6 Å². The Kier molecular flexibility index (Phi) is 6.26. The molecule has 2 N–H and O–H groups in total. The average molecular weight is 434 g/mol. The summed E-state index contributed by atoms with van der Waals surface area (Å²) in [6, 6.07) is 12.0. The highest BCUT2D eigenvalue weighted by Crippen LogP contribution is 2.23. The molecule has 0 aliphatic carbocycles. The number of pyridine rings is 1. The standard InChI is InChI=1S/C20H17ClFN3O3S/c1-23-29(27,28)16-7-6-13(18(21)9-16)12-25-20(26)15-8-14(10-24-11-15)17-4-2-3-5-19(17)22/h2-11,23H,12H2,1H3,(H,25,26). The van der Waals surface area contributed by atoms with Crippen molar-refractivity contribution >= 4 is 27.5 Å². The number of nitrogens with one attached hydrogen (secondary N) is 2. The second kappa shape index (κ2) is 8.69. The second-order valence-corrected chi connectivity index (χ2v) is 8.38. The Morgan fingerprint density at radius 3 is 2.59 bits per heavy atom. The lowest BCUT2D eigenvalue weighted by atomic mass is 10.1. The molecule has 29 heavy (non-hydrogen) atoms.